The second-order valence-corrected chi connectivity index (χ2v) is 5.54. The zero-order valence-corrected chi connectivity index (χ0v) is 12.6. The van der Waals surface area contributed by atoms with Gasteiger partial charge in [0.05, 0.1) is 12.1 Å². The summed E-state index contributed by atoms with van der Waals surface area (Å²) in [6.45, 7) is 1.45. The summed E-state index contributed by atoms with van der Waals surface area (Å²) in [5.41, 5.74) is 5.80. The lowest BCUT2D eigenvalue weighted by Crippen LogP contribution is -2.49. The molecule has 1 amide bonds. The summed E-state index contributed by atoms with van der Waals surface area (Å²) in [7, 11) is 1.67. The van der Waals surface area contributed by atoms with Gasteiger partial charge in [-0.05, 0) is 31.0 Å². The molecule has 0 radical (unpaired) electrons. The van der Waals surface area contributed by atoms with Crippen LogP contribution in [0.5, 0.6) is 5.75 Å². The number of benzene rings is 1. The summed E-state index contributed by atoms with van der Waals surface area (Å²) >= 11 is 0. The van der Waals surface area contributed by atoms with Gasteiger partial charge in [0.2, 0.25) is 0 Å². The summed E-state index contributed by atoms with van der Waals surface area (Å²) in [6, 6.07) is 7.19. The molecule has 0 aromatic heterocycles. The van der Waals surface area contributed by atoms with Crippen LogP contribution in [0.3, 0.4) is 0 Å². The van der Waals surface area contributed by atoms with E-state index in [0.29, 0.717) is 31.1 Å². The van der Waals surface area contributed by atoms with E-state index >= 15 is 0 Å². The molecule has 21 heavy (non-hydrogen) atoms. The Morgan fingerprint density at radius 2 is 2.14 bits per heavy atom. The molecule has 1 aromatic carbocycles. The van der Waals surface area contributed by atoms with Crippen LogP contribution in [0.15, 0.2) is 24.3 Å². The van der Waals surface area contributed by atoms with Gasteiger partial charge in [0.15, 0.2) is 0 Å². The van der Waals surface area contributed by atoms with Crippen LogP contribution in [0.1, 0.15) is 36.0 Å². The zero-order chi connectivity index (χ0) is 15.1. The van der Waals surface area contributed by atoms with Crippen LogP contribution in [-0.2, 0) is 4.74 Å². The van der Waals surface area contributed by atoms with Crippen molar-refractivity contribution in [2.75, 3.05) is 26.9 Å². The third-order valence-electron chi connectivity index (χ3n) is 3.84. The lowest BCUT2D eigenvalue weighted by atomic mass is 9.98. The van der Waals surface area contributed by atoms with Crippen molar-refractivity contribution in [3.05, 3.63) is 29.8 Å². The number of hydrogen-bond donors (Lipinski definition) is 2. The van der Waals surface area contributed by atoms with Crippen LogP contribution < -0.4 is 15.8 Å². The average molecular weight is 292 g/mol. The monoisotopic (exact) mass is 292 g/mol. The van der Waals surface area contributed by atoms with E-state index in [2.05, 4.69) is 5.32 Å². The minimum Gasteiger partial charge on any atom is -0.492 e. The molecule has 5 heteroatoms. The van der Waals surface area contributed by atoms with Crippen LogP contribution in [0.25, 0.3) is 0 Å². The number of rotatable bonds is 7. The van der Waals surface area contributed by atoms with Gasteiger partial charge < -0.3 is 20.5 Å². The smallest absolute Gasteiger partial charge is 0.251 e. The fraction of sp³-hybridized carbons (Fsp3) is 0.562. The van der Waals surface area contributed by atoms with Crippen molar-refractivity contribution in [2.24, 2.45) is 5.73 Å². The van der Waals surface area contributed by atoms with Crippen LogP contribution in [0.2, 0.25) is 0 Å². The van der Waals surface area contributed by atoms with Gasteiger partial charge in [-0.25, -0.2) is 0 Å². The molecule has 1 saturated carbocycles. The van der Waals surface area contributed by atoms with E-state index in [1.54, 1.807) is 19.2 Å². The van der Waals surface area contributed by atoms with Gasteiger partial charge in [-0.1, -0.05) is 18.9 Å². The summed E-state index contributed by atoms with van der Waals surface area (Å²) in [6.07, 6.45) is 4.19. The van der Waals surface area contributed by atoms with Crippen molar-refractivity contribution >= 4 is 5.91 Å². The topological polar surface area (TPSA) is 73.6 Å². The first-order chi connectivity index (χ1) is 10.2. The molecule has 0 spiro atoms. The van der Waals surface area contributed by atoms with Gasteiger partial charge in [-0.2, -0.15) is 0 Å². The van der Waals surface area contributed by atoms with Crippen LogP contribution in [0.4, 0.5) is 0 Å². The molecule has 3 N–H and O–H groups in total. The number of nitrogens with one attached hydrogen (secondary N) is 1. The summed E-state index contributed by atoms with van der Waals surface area (Å²) < 4.78 is 10.7. The Balaban J connectivity index is 2.05. The minimum absolute atomic E-state index is 0.0767. The van der Waals surface area contributed by atoms with Gasteiger partial charge in [0.25, 0.3) is 5.91 Å². The molecule has 2 rings (SSSR count). The van der Waals surface area contributed by atoms with Crippen LogP contribution in [0, 0.1) is 0 Å². The third-order valence-corrected chi connectivity index (χ3v) is 3.84. The van der Waals surface area contributed by atoms with Crippen molar-refractivity contribution in [3.63, 3.8) is 0 Å². The number of hydrogen-bond acceptors (Lipinski definition) is 4. The van der Waals surface area contributed by atoms with E-state index in [4.69, 9.17) is 15.2 Å². The zero-order valence-electron chi connectivity index (χ0n) is 12.6. The lowest BCUT2D eigenvalue weighted by molar-refractivity contribution is 0.0766. The van der Waals surface area contributed by atoms with Gasteiger partial charge in [0, 0.05) is 19.2 Å². The third kappa shape index (κ3) is 4.19. The number of methoxy groups -OCH3 is 1. The van der Waals surface area contributed by atoms with E-state index in [-0.39, 0.29) is 11.4 Å². The standard InChI is InChI=1S/C16H24N2O3/c1-20-12-16(7-2-3-8-16)18-15(19)13-5-4-6-14(11-13)21-10-9-17/h4-6,11H,2-3,7-10,12,17H2,1H3,(H,18,19). The molecule has 0 aliphatic heterocycles. The number of ether oxygens (including phenoxy) is 2. The van der Waals surface area contributed by atoms with Crippen LogP contribution >= 0.6 is 0 Å². The van der Waals surface area contributed by atoms with E-state index in [9.17, 15) is 4.79 Å². The van der Waals surface area contributed by atoms with Gasteiger partial charge in [-0.3, -0.25) is 4.79 Å². The highest BCUT2D eigenvalue weighted by Crippen LogP contribution is 2.30. The normalized spacial score (nSPS) is 16.7. The summed E-state index contributed by atoms with van der Waals surface area (Å²) in [5.74, 6) is 0.590. The fourth-order valence-electron chi connectivity index (χ4n) is 2.85. The average Bonchev–Trinajstić information content (AvgIpc) is 2.94. The van der Waals surface area contributed by atoms with Gasteiger partial charge >= 0.3 is 0 Å². The Bertz CT molecular complexity index is 470. The molecular weight excluding hydrogens is 268 g/mol. The molecule has 1 aliphatic carbocycles. The Morgan fingerprint density at radius 1 is 1.38 bits per heavy atom. The highest BCUT2D eigenvalue weighted by molar-refractivity contribution is 5.95. The maximum atomic E-state index is 12.5. The second-order valence-electron chi connectivity index (χ2n) is 5.54. The highest BCUT2D eigenvalue weighted by atomic mass is 16.5. The molecule has 0 heterocycles. The molecule has 0 saturated heterocycles. The predicted octanol–water partition coefficient (Wildman–Crippen LogP) is 1.71. The molecule has 1 aliphatic rings. The number of carbonyl (C=O) groups excluding carboxylic acids is 1. The number of nitrogens with two attached hydrogens (primary N) is 1. The first-order valence-electron chi connectivity index (χ1n) is 7.43. The fourth-order valence-corrected chi connectivity index (χ4v) is 2.85. The number of carbonyl (C=O) groups is 1. The van der Waals surface area contributed by atoms with E-state index < -0.39 is 0 Å². The molecule has 0 bridgehead atoms. The van der Waals surface area contributed by atoms with E-state index in [1.165, 1.54) is 0 Å². The quantitative estimate of drug-likeness (QED) is 0.802. The molecule has 116 valence electrons. The largest absolute Gasteiger partial charge is 0.492 e. The second kappa shape index (κ2) is 7.43. The van der Waals surface area contributed by atoms with Gasteiger partial charge in [0.1, 0.15) is 12.4 Å². The van der Waals surface area contributed by atoms with Crippen molar-refractivity contribution in [3.8, 4) is 5.75 Å². The number of amides is 1. The van der Waals surface area contributed by atoms with Crippen LogP contribution in [-0.4, -0.2) is 38.3 Å². The van der Waals surface area contributed by atoms with Crippen molar-refractivity contribution < 1.29 is 14.3 Å². The van der Waals surface area contributed by atoms with Crippen molar-refractivity contribution in [1.82, 2.24) is 5.32 Å². The summed E-state index contributed by atoms with van der Waals surface area (Å²) in [5, 5.41) is 3.15. The molecular formula is C16H24N2O3. The maximum Gasteiger partial charge on any atom is 0.251 e. The molecule has 0 atom stereocenters. The van der Waals surface area contributed by atoms with Gasteiger partial charge in [-0.15, -0.1) is 0 Å². The predicted molar refractivity (Wildman–Crippen MR) is 81.5 cm³/mol. The molecule has 1 aromatic rings. The Morgan fingerprint density at radius 3 is 2.81 bits per heavy atom. The lowest BCUT2D eigenvalue weighted by Gasteiger charge is -2.29. The van der Waals surface area contributed by atoms with Crippen molar-refractivity contribution in [1.29, 1.82) is 0 Å². The molecule has 5 nitrogen and oxygen atoms in total. The first-order valence-corrected chi connectivity index (χ1v) is 7.43. The Labute approximate surface area is 125 Å². The SMILES string of the molecule is COCC1(NC(=O)c2cccc(OCCN)c2)CCCC1. The van der Waals surface area contributed by atoms with E-state index in [0.717, 1.165) is 25.7 Å². The minimum atomic E-state index is -0.222. The van der Waals surface area contributed by atoms with Crippen molar-refractivity contribution in [2.45, 2.75) is 31.2 Å². The maximum absolute atomic E-state index is 12.5. The summed E-state index contributed by atoms with van der Waals surface area (Å²) in [4.78, 5) is 12.5. The Kier molecular flexibility index (Phi) is 5.59. The molecule has 0 unspecified atom stereocenters. The highest BCUT2D eigenvalue weighted by Gasteiger charge is 2.35. The Hall–Kier alpha value is -1.59. The molecule has 1 fully saturated rings. The first kappa shape index (κ1) is 15.8. The van der Waals surface area contributed by atoms with E-state index in [1.807, 2.05) is 12.1 Å².